The van der Waals surface area contributed by atoms with Crippen molar-refractivity contribution in [3.05, 3.63) is 59.7 Å². The van der Waals surface area contributed by atoms with E-state index in [1.165, 1.54) is 18.2 Å². The zero-order valence-corrected chi connectivity index (χ0v) is 11.4. The number of amides is 1. The summed E-state index contributed by atoms with van der Waals surface area (Å²) in [7, 11) is 0. The topological polar surface area (TPSA) is 47.6 Å². The maximum atomic E-state index is 13.6. The number of nitrogens with one attached hydrogen (secondary N) is 1. The van der Waals surface area contributed by atoms with Crippen LogP contribution in [0, 0.1) is 0 Å². The highest BCUT2D eigenvalue weighted by atomic mass is 19.3. The molecule has 1 aliphatic rings. The number of anilines is 1. The van der Waals surface area contributed by atoms with Gasteiger partial charge in [-0.2, -0.15) is 8.78 Å². The summed E-state index contributed by atoms with van der Waals surface area (Å²) in [6, 6.07) is 11.0. The van der Waals surface area contributed by atoms with Gasteiger partial charge in [-0.25, -0.2) is 4.74 Å². The summed E-state index contributed by atoms with van der Waals surface area (Å²) in [5, 5.41) is 2.40. The molecule has 0 fully saturated rings. The molecule has 2 aromatic rings. The fourth-order valence-corrected chi connectivity index (χ4v) is 2.07. The summed E-state index contributed by atoms with van der Waals surface area (Å²) in [6.45, 7) is 0. The molecule has 1 aliphatic heterocycles. The van der Waals surface area contributed by atoms with E-state index in [9.17, 15) is 22.4 Å². The summed E-state index contributed by atoms with van der Waals surface area (Å²) >= 11 is 0. The van der Waals surface area contributed by atoms with Crippen molar-refractivity contribution >= 4 is 11.6 Å². The molecule has 0 saturated heterocycles. The van der Waals surface area contributed by atoms with E-state index in [1.54, 1.807) is 18.2 Å². The average molecular weight is 327 g/mol. The Kier molecular flexibility index (Phi) is 3.48. The number of ether oxygens (including phenoxy) is 2. The van der Waals surface area contributed by atoms with Crippen LogP contribution in [-0.2, 0) is 10.8 Å². The van der Waals surface area contributed by atoms with E-state index in [0.717, 1.165) is 12.1 Å². The third kappa shape index (κ3) is 3.11. The van der Waals surface area contributed by atoms with Crippen LogP contribution in [0.5, 0.6) is 5.75 Å². The molecule has 1 amide bonds. The van der Waals surface area contributed by atoms with Crippen LogP contribution < -0.4 is 10.1 Å². The summed E-state index contributed by atoms with van der Waals surface area (Å²) in [5.41, 5.74) is -0.583. The first-order valence-electron chi connectivity index (χ1n) is 6.43. The Morgan fingerprint density at radius 3 is 2.39 bits per heavy atom. The molecule has 0 atom stereocenters. The third-order valence-corrected chi connectivity index (χ3v) is 3.06. The number of carbonyl (C=O) groups excluding carboxylic acids is 1. The quantitative estimate of drug-likeness (QED) is 0.850. The number of carbonyl (C=O) groups is 1. The molecule has 0 radical (unpaired) electrons. The number of hydrogen-bond acceptors (Lipinski definition) is 3. The summed E-state index contributed by atoms with van der Waals surface area (Å²) in [4.78, 5) is 12.0. The molecule has 4 nitrogen and oxygen atoms in total. The Morgan fingerprint density at radius 2 is 1.70 bits per heavy atom. The molecular weight excluding hydrogens is 318 g/mol. The van der Waals surface area contributed by atoms with Crippen LogP contribution >= 0.6 is 0 Å². The lowest BCUT2D eigenvalue weighted by atomic mass is 10.1. The Bertz CT molecular complexity index is 750. The van der Waals surface area contributed by atoms with E-state index >= 15 is 0 Å². The van der Waals surface area contributed by atoms with Crippen LogP contribution in [0.3, 0.4) is 0 Å². The number of rotatable bonds is 2. The SMILES string of the molecule is O=C(Nc1ccc2c(c1)C(F)(F)OC(F)(F)O2)c1ccccc1. The minimum Gasteiger partial charge on any atom is -0.409 e. The van der Waals surface area contributed by atoms with Gasteiger partial charge in [0.2, 0.25) is 0 Å². The van der Waals surface area contributed by atoms with Crippen LogP contribution in [0.1, 0.15) is 15.9 Å². The standard InChI is InChI=1S/C15H9F4NO3/c16-14(17)11-8-10(6-7-12(11)22-15(18,19)23-14)20-13(21)9-4-2-1-3-5-9/h1-8H,(H,20,21). The van der Waals surface area contributed by atoms with Crippen molar-refractivity contribution in [2.75, 3.05) is 5.32 Å². The molecule has 0 saturated carbocycles. The van der Waals surface area contributed by atoms with E-state index in [4.69, 9.17) is 0 Å². The highest BCUT2D eigenvalue weighted by Crippen LogP contribution is 2.46. The summed E-state index contributed by atoms with van der Waals surface area (Å²) < 4.78 is 60.5. The van der Waals surface area contributed by atoms with Crippen LogP contribution in [-0.4, -0.2) is 12.2 Å². The second-order valence-corrected chi connectivity index (χ2v) is 4.72. The molecule has 120 valence electrons. The molecule has 2 aromatic carbocycles. The van der Waals surface area contributed by atoms with Gasteiger partial charge in [0.15, 0.2) is 0 Å². The maximum absolute atomic E-state index is 13.6. The molecule has 0 bridgehead atoms. The van der Waals surface area contributed by atoms with Crippen molar-refractivity contribution in [2.45, 2.75) is 12.4 Å². The summed E-state index contributed by atoms with van der Waals surface area (Å²) in [5.74, 6) is -1.25. The Balaban J connectivity index is 1.88. The number of fused-ring (bicyclic) bond motifs is 1. The molecular formula is C15H9F4NO3. The first kappa shape index (κ1) is 15.3. The number of halogens is 4. The van der Waals surface area contributed by atoms with Crippen LogP contribution in [0.2, 0.25) is 0 Å². The van der Waals surface area contributed by atoms with Gasteiger partial charge in [0.25, 0.3) is 5.91 Å². The van der Waals surface area contributed by atoms with Crippen molar-refractivity contribution < 1.29 is 31.8 Å². The lowest BCUT2D eigenvalue weighted by Crippen LogP contribution is -2.41. The molecule has 0 aliphatic carbocycles. The Morgan fingerprint density at radius 1 is 1.00 bits per heavy atom. The van der Waals surface area contributed by atoms with Crippen molar-refractivity contribution in [1.82, 2.24) is 0 Å². The van der Waals surface area contributed by atoms with Crippen LogP contribution in [0.15, 0.2) is 48.5 Å². The molecule has 3 rings (SSSR count). The molecule has 0 spiro atoms. The Hall–Kier alpha value is -2.61. The van der Waals surface area contributed by atoms with Gasteiger partial charge < -0.3 is 10.1 Å². The van der Waals surface area contributed by atoms with Crippen LogP contribution in [0.4, 0.5) is 23.2 Å². The highest BCUT2D eigenvalue weighted by molar-refractivity contribution is 6.04. The molecule has 0 unspecified atom stereocenters. The van der Waals surface area contributed by atoms with Gasteiger partial charge in [-0.15, -0.1) is 8.78 Å². The lowest BCUT2D eigenvalue weighted by molar-refractivity contribution is -0.461. The van der Waals surface area contributed by atoms with Gasteiger partial charge >= 0.3 is 12.4 Å². The lowest BCUT2D eigenvalue weighted by Gasteiger charge is -2.30. The van der Waals surface area contributed by atoms with Gasteiger partial charge in [0.05, 0.1) is 5.56 Å². The van der Waals surface area contributed by atoms with Gasteiger partial charge in [0.1, 0.15) is 5.75 Å². The largest absolute Gasteiger partial charge is 0.540 e. The first-order valence-corrected chi connectivity index (χ1v) is 6.43. The molecule has 1 N–H and O–H groups in total. The van der Waals surface area contributed by atoms with Crippen molar-refractivity contribution in [3.63, 3.8) is 0 Å². The van der Waals surface area contributed by atoms with Gasteiger partial charge in [-0.1, -0.05) is 18.2 Å². The molecule has 8 heteroatoms. The van der Waals surface area contributed by atoms with E-state index in [0.29, 0.717) is 5.56 Å². The molecule has 0 aromatic heterocycles. The van der Waals surface area contributed by atoms with Crippen LogP contribution in [0.25, 0.3) is 0 Å². The third-order valence-electron chi connectivity index (χ3n) is 3.06. The van der Waals surface area contributed by atoms with Crippen molar-refractivity contribution in [1.29, 1.82) is 0 Å². The Labute approximate surface area is 127 Å². The van der Waals surface area contributed by atoms with E-state index < -0.39 is 29.6 Å². The van der Waals surface area contributed by atoms with E-state index in [2.05, 4.69) is 14.8 Å². The smallest absolute Gasteiger partial charge is 0.409 e. The predicted molar refractivity (Wildman–Crippen MR) is 71.4 cm³/mol. The fourth-order valence-electron chi connectivity index (χ4n) is 2.07. The monoisotopic (exact) mass is 327 g/mol. The number of alkyl halides is 4. The second-order valence-electron chi connectivity index (χ2n) is 4.72. The minimum absolute atomic E-state index is 0.00491. The number of hydrogen-bond donors (Lipinski definition) is 1. The molecule has 23 heavy (non-hydrogen) atoms. The van der Waals surface area contributed by atoms with Crippen molar-refractivity contribution in [3.8, 4) is 5.75 Å². The average Bonchev–Trinajstić information content (AvgIpc) is 2.47. The van der Waals surface area contributed by atoms with Crippen molar-refractivity contribution in [2.24, 2.45) is 0 Å². The molecule has 1 heterocycles. The number of benzene rings is 2. The van der Waals surface area contributed by atoms with E-state index in [-0.39, 0.29) is 5.69 Å². The van der Waals surface area contributed by atoms with Gasteiger partial charge in [0, 0.05) is 11.3 Å². The first-order chi connectivity index (χ1) is 10.8. The minimum atomic E-state index is -4.43. The summed E-state index contributed by atoms with van der Waals surface area (Å²) in [6.07, 6.45) is -8.67. The van der Waals surface area contributed by atoms with E-state index in [1.807, 2.05) is 0 Å². The zero-order valence-electron chi connectivity index (χ0n) is 11.4. The van der Waals surface area contributed by atoms with Gasteiger partial charge in [-0.05, 0) is 30.3 Å². The second kappa shape index (κ2) is 5.24. The fraction of sp³-hybridized carbons (Fsp3) is 0.133. The normalized spacial score (nSPS) is 17.7. The van der Waals surface area contributed by atoms with Gasteiger partial charge in [-0.3, -0.25) is 4.79 Å². The highest BCUT2D eigenvalue weighted by Gasteiger charge is 2.54. The zero-order chi connectivity index (χ0) is 16.7. The maximum Gasteiger partial charge on any atom is 0.540 e. The predicted octanol–water partition coefficient (Wildman–Crippen LogP) is 3.95.